The molecule has 10 nitrogen and oxygen atoms in total. The fourth-order valence-electron chi connectivity index (χ4n) is 4.47. The normalized spacial score (nSPS) is 19.0. The van der Waals surface area contributed by atoms with E-state index in [4.69, 9.17) is 14.2 Å². The van der Waals surface area contributed by atoms with Crippen LogP contribution in [-0.2, 0) is 34.5 Å². The first-order valence-corrected chi connectivity index (χ1v) is 13.0. The number of pyridine rings is 1. The number of hydrogen-bond donors (Lipinski definition) is 1. The van der Waals surface area contributed by atoms with Crippen molar-refractivity contribution in [3.8, 4) is 17.1 Å². The number of benzene rings is 1. The van der Waals surface area contributed by atoms with Gasteiger partial charge in [-0.25, -0.2) is 23.6 Å². The molecule has 3 aromatic rings. The van der Waals surface area contributed by atoms with Gasteiger partial charge in [0.15, 0.2) is 0 Å². The van der Waals surface area contributed by atoms with Gasteiger partial charge in [-0.3, -0.25) is 0 Å². The van der Waals surface area contributed by atoms with Crippen molar-refractivity contribution >= 4 is 12.1 Å². The number of halogens is 1. The van der Waals surface area contributed by atoms with Gasteiger partial charge in [0, 0.05) is 13.5 Å². The highest BCUT2D eigenvalue weighted by molar-refractivity contribution is 5.79. The zero-order valence-corrected chi connectivity index (χ0v) is 22.6. The molecule has 1 fully saturated rings. The van der Waals surface area contributed by atoms with Crippen molar-refractivity contribution in [3.05, 3.63) is 59.4 Å². The summed E-state index contributed by atoms with van der Waals surface area (Å²) in [5.41, 5.74) is 1.11. The van der Waals surface area contributed by atoms with Crippen LogP contribution in [0.3, 0.4) is 0 Å². The number of alkyl halides is 1. The summed E-state index contributed by atoms with van der Waals surface area (Å²) < 4.78 is 33.4. The Labute approximate surface area is 226 Å². The van der Waals surface area contributed by atoms with Crippen LogP contribution in [0.5, 0.6) is 5.75 Å². The van der Waals surface area contributed by atoms with Gasteiger partial charge in [0.05, 0.1) is 29.7 Å². The smallest absolute Gasteiger partial charge is 0.407 e. The van der Waals surface area contributed by atoms with Crippen LogP contribution in [0, 0.1) is 6.92 Å². The molecule has 1 amide bonds. The molecule has 11 heteroatoms. The van der Waals surface area contributed by atoms with Crippen molar-refractivity contribution in [3.63, 3.8) is 0 Å². The zero-order valence-electron chi connectivity index (χ0n) is 22.6. The average molecular weight is 540 g/mol. The number of nitrogens with one attached hydrogen (secondary N) is 1. The highest BCUT2D eigenvalue weighted by Gasteiger charge is 2.46. The summed E-state index contributed by atoms with van der Waals surface area (Å²) in [6.45, 7) is 5.48. The average Bonchev–Trinajstić information content (AvgIpc) is 3.27. The number of carbonyl (C=O) groups is 2. The van der Waals surface area contributed by atoms with Crippen molar-refractivity contribution in [2.75, 3.05) is 0 Å². The largest absolute Gasteiger partial charge is 0.488 e. The summed E-state index contributed by atoms with van der Waals surface area (Å²) in [7, 11) is 1.73. The second-order valence-corrected chi connectivity index (χ2v) is 9.96. The number of ether oxygens (including phenoxy) is 3. The van der Waals surface area contributed by atoms with E-state index in [0.29, 0.717) is 41.4 Å². The lowest BCUT2D eigenvalue weighted by Gasteiger charge is -2.33. The van der Waals surface area contributed by atoms with Crippen molar-refractivity contribution in [2.24, 2.45) is 7.05 Å². The van der Waals surface area contributed by atoms with Gasteiger partial charge in [-0.1, -0.05) is 35.5 Å². The van der Waals surface area contributed by atoms with E-state index in [-0.39, 0.29) is 32.1 Å². The van der Waals surface area contributed by atoms with E-state index in [1.165, 1.54) is 0 Å². The predicted molar refractivity (Wildman–Crippen MR) is 140 cm³/mol. The molecule has 2 aromatic heterocycles. The maximum atomic E-state index is 15.3. The van der Waals surface area contributed by atoms with Crippen LogP contribution in [0.25, 0.3) is 11.4 Å². The van der Waals surface area contributed by atoms with Gasteiger partial charge in [0.25, 0.3) is 0 Å². The van der Waals surface area contributed by atoms with E-state index in [1.54, 1.807) is 44.6 Å². The van der Waals surface area contributed by atoms with Crippen molar-refractivity contribution in [1.29, 1.82) is 0 Å². The number of hydrogen-bond acceptors (Lipinski definition) is 8. The summed E-state index contributed by atoms with van der Waals surface area (Å²) in [6, 6.07) is 12.9. The molecule has 0 spiro atoms. The van der Waals surface area contributed by atoms with Gasteiger partial charge >= 0.3 is 12.1 Å². The first-order valence-electron chi connectivity index (χ1n) is 13.0. The SMILES string of the molecule is Cc1nc(-c2nnn(C)c2CNC(=O)OCc2ccccc2)ccc1OC1CCCC(F)(C(=O)OC(C)C)C1. The molecular formula is C28H34FN5O5. The minimum absolute atomic E-state index is 0.0694. The topological polar surface area (TPSA) is 117 Å². The molecule has 0 aliphatic heterocycles. The van der Waals surface area contributed by atoms with Gasteiger partial charge in [0.2, 0.25) is 5.67 Å². The lowest BCUT2D eigenvalue weighted by molar-refractivity contribution is -0.166. The number of amides is 1. The minimum Gasteiger partial charge on any atom is -0.488 e. The number of rotatable bonds is 9. The Morgan fingerprint density at radius 2 is 1.97 bits per heavy atom. The van der Waals surface area contributed by atoms with Crippen LogP contribution >= 0.6 is 0 Å². The third-order valence-electron chi connectivity index (χ3n) is 6.49. The van der Waals surface area contributed by atoms with Gasteiger partial charge in [-0.05, 0) is 57.7 Å². The van der Waals surface area contributed by atoms with E-state index in [0.717, 1.165) is 5.56 Å². The maximum Gasteiger partial charge on any atom is 0.407 e. The van der Waals surface area contributed by atoms with Crippen molar-refractivity contribution < 1.29 is 28.2 Å². The number of esters is 1. The number of carbonyl (C=O) groups excluding carboxylic acids is 2. The van der Waals surface area contributed by atoms with Gasteiger partial charge in [-0.15, -0.1) is 5.10 Å². The Morgan fingerprint density at radius 1 is 1.21 bits per heavy atom. The molecule has 1 aliphatic carbocycles. The van der Waals surface area contributed by atoms with Crippen LogP contribution in [0.15, 0.2) is 42.5 Å². The summed E-state index contributed by atoms with van der Waals surface area (Å²) in [6.07, 6.45) is -0.227. The standard InChI is InChI=1S/C28H34FN5O5/c1-18(2)38-26(35)28(29)14-8-11-21(15-28)39-24-13-12-22(31-19(24)3)25-23(34(4)33-32-25)16-30-27(36)37-17-20-9-6-5-7-10-20/h5-7,9-10,12-13,18,21H,8,11,14-17H2,1-4H3,(H,30,36). The third kappa shape index (κ3) is 7.10. The van der Waals surface area contributed by atoms with E-state index in [1.807, 2.05) is 30.3 Å². The number of aryl methyl sites for hydroxylation is 2. The molecule has 208 valence electrons. The Morgan fingerprint density at radius 3 is 2.69 bits per heavy atom. The maximum absolute atomic E-state index is 15.3. The second kappa shape index (κ2) is 12.2. The number of alkyl carbamates (subject to hydrolysis) is 1. The number of aromatic nitrogens is 4. The lowest BCUT2D eigenvalue weighted by atomic mass is 9.84. The molecule has 0 radical (unpaired) electrons. The number of nitrogens with zero attached hydrogens (tertiary/aromatic N) is 4. The van der Waals surface area contributed by atoms with Crippen LogP contribution in [0.4, 0.5) is 9.18 Å². The quantitative estimate of drug-likeness (QED) is 0.392. The molecule has 2 atom stereocenters. The molecule has 4 rings (SSSR count). The molecule has 1 N–H and O–H groups in total. The van der Waals surface area contributed by atoms with Crippen molar-refractivity contribution in [2.45, 2.75) is 77.5 Å². The Hall–Kier alpha value is -4.02. The summed E-state index contributed by atoms with van der Waals surface area (Å²) in [5, 5.41) is 11.0. The molecule has 2 heterocycles. The fourth-order valence-corrected chi connectivity index (χ4v) is 4.47. The van der Waals surface area contributed by atoms with E-state index >= 15 is 4.39 Å². The molecule has 1 saturated carbocycles. The van der Waals surface area contributed by atoms with E-state index < -0.39 is 23.8 Å². The third-order valence-corrected chi connectivity index (χ3v) is 6.49. The molecule has 0 bridgehead atoms. The molecule has 1 aromatic carbocycles. The Kier molecular flexibility index (Phi) is 8.78. The molecular weight excluding hydrogens is 505 g/mol. The monoisotopic (exact) mass is 539 g/mol. The molecule has 0 saturated heterocycles. The predicted octanol–water partition coefficient (Wildman–Crippen LogP) is 4.59. The summed E-state index contributed by atoms with van der Waals surface area (Å²) >= 11 is 0. The van der Waals surface area contributed by atoms with Crippen LogP contribution in [0.1, 0.15) is 56.5 Å². The highest BCUT2D eigenvalue weighted by atomic mass is 19.1. The zero-order chi connectivity index (χ0) is 28.0. The van der Waals surface area contributed by atoms with Crippen LogP contribution in [0.2, 0.25) is 0 Å². The van der Waals surface area contributed by atoms with E-state index in [9.17, 15) is 9.59 Å². The Bertz CT molecular complexity index is 1300. The fraction of sp³-hybridized carbons (Fsp3) is 0.464. The molecule has 39 heavy (non-hydrogen) atoms. The van der Waals surface area contributed by atoms with Crippen LogP contribution < -0.4 is 10.1 Å². The first-order chi connectivity index (χ1) is 18.6. The Balaban J connectivity index is 1.39. The van der Waals surface area contributed by atoms with Crippen LogP contribution in [-0.4, -0.2) is 49.9 Å². The van der Waals surface area contributed by atoms with Gasteiger partial charge < -0.3 is 19.5 Å². The van der Waals surface area contributed by atoms with Crippen molar-refractivity contribution in [1.82, 2.24) is 25.3 Å². The lowest BCUT2D eigenvalue weighted by Crippen LogP contribution is -2.44. The van der Waals surface area contributed by atoms with E-state index in [2.05, 4.69) is 20.6 Å². The molecule has 1 aliphatic rings. The second-order valence-electron chi connectivity index (χ2n) is 9.96. The minimum atomic E-state index is -2.06. The first kappa shape index (κ1) is 28.0. The highest BCUT2D eigenvalue weighted by Crippen LogP contribution is 2.36. The molecule has 2 unspecified atom stereocenters. The van der Waals surface area contributed by atoms with Gasteiger partial charge in [0.1, 0.15) is 24.2 Å². The van der Waals surface area contributed by atoms with Gasteiger partial charge in [-0.2, -0.15) is 0 Å². The summed E-state index contributed by atoms with van der Waals surface area (Å²) in [5.74, 6) is -0.331. The summed E-state index contributed by atoms with van der Waals surface area (Å²) in [4.78, 5) is 29.2.